The van der Waals surface area contributed by atoms with Crippen LogP contribution < -0.4 is 5.32 Å². The SMILES string of the molecule is O=C(O)Cn1nc(NCc2ccccc2C(=O)O)c2c(-c3ccc(C4=CCCCC4)cc3)cccc21. The molecule has 7 heteroatoms. The van der Waals surface area contributed by atoms with Gasteiger partial charge in [-0.15, -0.1) is 0 Å². The number of nitrogens with zero attached hydrogens (tertiary/aromatic N) is 2. The molecule has 0 atom stereocenters. The average Bonchev–Trinajstić information content (AvgIpc) is 3.25. The fourth-order valence-electron chi connectivity index (χ4n) is 4.87. The maximum atomic E-state index is 11.6. The fourth-order valence-corrected chi connectivity index (χ4v) is 4.87. The predicted molar refractivity (Wildman–Crippen MR) is 140 cm³/mol. The Morgan fingerprint density at radius 2 is 1.69 bits per heavy atom. The van der Waals surface area contributed by atoms with Crippen molar-refractivity contribution in [3.05, 3.63) is 89.5 Å². The number of aromatic nitrogens is 2. The summed E-state index contributed by atoms with van der Waals surface area (Å²) >= 11 is 0. The second kappa shape index (κ2) is 10.1. The van der Waals surface area contributed by atoms with E-state index in [0.29, 0.717) is 16.9 Å². The average molecular weight is 482 g/mol. The highest BCUT2D eigenvalue weighted by molar-refractivity contribution is 6.03. The van der Waals surface area contributed by atoms with Gasteiger partial charge in [0.1, 0.15) is 6.54 Å². The molecule has 1 aliphatic carbocycles. The first-order valence-corrected chi connectivity index (χ1v) is 12.1. The molecule has 0 aliphatic heterocycles. The minimum Gasteiger partial charge on any atom is -0.480 e. The number of hydrogen-bond acceptors (Lipinski definition) is 4. The van der Waals surface area contributed by atoms with Crippen LogP contribution >= 0.6 is 0 Å². The van der Waals surface area contributed by atoms with Crippen LogP contribution in [0, 0.1) is 0 Å². The first-order chi connectivity index (χ1) is 17.5. The minimum absolute atomic E-state index is 0.215. The van der Waals surface area contributed by atoms with Gasteiger partial charge >= 0.3 is 11.9 Å². The monoisotopic (exact) mass is 481 g/mol. The van der Waals surface area contributed by atoms with Crippen molar-refractivity contribution in [2.75, 3.05) is 5.32 Å². The standard InChI is InChI=1S/C29H27N3O4/c33-26(34)18-32-25-12-6-11-23(21-15-13-20(14-16-21)19-7-2-1-3-8-19)27(25)28(31-32)30-17-22-9-4-5-10-24(22)29(35)36/h4-7,9-16H,1-3,8,17-18H2,(H,30,31)(H,33,34)(H,35,36). The zero-order valence-electron chi connectivity index (χ0n) is 19.8. The second-order valence-electron chi connectivity index (χ2n) is 8.97. The van der Waals surface area contributed by atoms with Gasteiger partial charge in [-0.2, -0.15) is 5.10 Å². The lowest BCUT2D eigenvalue weighted by Crippen LogP contribution is -2.11. The van der Waals surface area contributed by atoms with Crippen molar-refractivity contribution in [2.24, 2.45) is 0 Å². The first kappa shape index (κ1) is 23.4. The summed E-state index contributed by atoms with van der Waals surface area (Å²) in [6, 6.07) is 21.0. The Labute approximate surface area is 208 Å². The Kier molecular flexibility index (Phi) is 6.54. The van der Waals surface area contributed by atoms with Crippen LogP contribution in [0.4, 0.5) is 5.82 Å². The Bertz CT molecular complexity index is 1470. The van der Waals surface area contributed by atoms with Crippen molar-refractivity contribution in [1.82, 2.24) is 9.78 Å². The molecular weight excluding hydrogens is 454 g/mol. The van der Waals surface area contributed by atoms with Gasteiger partial charge in [-0.3, -0.25) is 9.48 Å². The van der Waals surface area contributed by atoms with E-state index in [1.165, 1.54) is 28.7 Å². The number of nitrogens with one attached hydrogen (secondary N) is 1. The lowest BCUT2D eigenvalue weighted by molar-refractivity contribution is -0.137. The summed E-state index contributed by atoms with van der Waals surface area (Å²) in [5.74, 6) is -1.47. The molecule has 36 heavy (non-hydrogen) atoms. The zero-order valence-corrected chi connectivity index (χ0v) is 19.8. The number of hydrogen-bond donors (Lipinski definition) is 3. The Hall–Kier alpha value is -4.39. The van der Waals surface area contributed by atoms with Gasteiger partial charge in [-0.25, -0.2) is 4.79 Å². The first-order valence-electron chi connectivity index (χ1n) is 12.1. The number of carboxylic acids is 2. The van der Waals surface area contributed by atoms with Gasteiger partial charge in [-0.05, 0) is 65.6 Å². The Morgan fingerprint density at radius 3 is 2.42 bits per heavy atom. The molecule has 3 N–H and O–H groups in total. The molecule has 0 unspecified atom stereocenters. The summed E-state index contributed by atoms with van der Waals surface area (Å²) in [6.07, 6.45) is 7.01. The molecule has 0 bridgehead atoms. The Morgan fingerprint density at radius 1 is 0.917 bits per heavy atom. The summed E-state index contributed by atoms with van der Waals surface area (Å²) in [4.78, 5) is 23.1. The number of allylic oxidation sites excluding steroid dienone is 2. The maximum absolute atomic E-state index is 11.6. The van der Waals surface area contributed by atoms with Gasteiger partial charge in [0.25, 0.3) is 0 Å². The fraction of sp³-hybridized carbons (Fsp3) is 0.207. The highest BCUT2D eigenvalue weighted by Crippen LogP contribution is 2.35. The number of benzene rings is 3. The van der Waals surface area contributed by atoms with E-state index in [-0.39, 0.29) is 18.7 Å². The van der Waals surface area contributed by atoms with Crippen LogP contribution in [0.5, 0.6) is 0 Å². The van der Waals surface area contributed by atoms with Gasteiger partial charge in [0.05, 0.1) is 16.5 Å². The van der Waals surface area contributed by atoms with E-state index in [1.807, 2.05) is 18.2 Å². The molecular formula is C29H27N3O4. The molecule has 7 nitrogen and oxygen atoms in total. The largest absolute Gasteiger partial charge is 0.480 e. The molecule has 4 aromatic rings. The highest BCUT2D eigenvalue weighted by atomic mass is 16.4. The molecule has 1 aliphatic rings. The zero-order chi connectivity index (χ0) is 25.1. The molecule has 1 aromatic heterocycles. The predicted octanol–water partition coefficient (Wildman–Crippen LogP) is 6.06. The minimum atomic E-state index is -0.998. The summed E-state index contributed by atoms with van der Waals surface area (Å²) in [5.41, 5.74) is 6.09. The third kappa shape index (κ3) is 4.73. The van der Waals surface area contributed by atoms with Crippen LogP contribution in [0.15, 0.2) is 72.8 Å². The molecule has 1 heterocycles. The highest BCUT2D eigenvalue weighted by Gasteiger charge is 2.18. The summed E-state index contributed by atoms with van der Waals surface area (Å²) in [5, 5.41) is 27.6. The third-order valence-electron chi connectivity index (χ3n) is 6.61. The van der Waals surface area contributed by atoms with Gasteiger partial charge in [0.15, 0.2) is 5.82 Å². The molecule has 0 amide bonds. The van der Waals surface area contributed by atoms with Crippen LogP contribution in [0.2, 0.25) is 0 Å². The quantitative estimate of drug-likeness (QED) is 0.283. The van der Waals surface area contributed by atoms with Crippen molar-refractivity contribution in [2.45, 2.75) is 38.8 Å². The van der Waals surface area contributed by atoms with E-state index >= 15 is 0 Å². The van der Waals surface area contributed by atoms with Gasteiger partial charge in [-0.1, -0.05) is 60.7 Å². The van der Waals surface area contributed by atoms with Crippen LogP contribution in [0.25, 0.3) is 27.6 Å². The normalized spacial score (nSPS) is 13.4. The summed E-state index contributed by atoms with van der Waals surface area (Å²) in [6.45, 7) is -0.0382. The van der Waals surface area contributed by atoms with Crippen molar-refractivity contribution in [3.63, 3.8) is 0 Å². The van der Waals surface area contributed by atoms with Crippen LogP contribution in [0.1, 0.15) is 47.2 Å². The van der Waals surface area contributed by atoms with Gasteiger partial charge in [0, 0.05) is 6.54 Å². The van der Waals surface area contributed by atoms with E-state index in [4.69, 9.17) is 0 Å². The molecule has 182 valence electrons. The Balaban J connectivity index is 1.55. The van der Waals surface area contributed by atoms with E-state index in [9.17, 15) is 19.8 Å². The molecule has 3 aromatic carbocycles. The summed E-state index contributed by atoms with van der Waals surface area (Å²) < 4.78 is 1.47. The van der Waals surface area contributed by atoms with E-state index in [2.05, 4.69) is 40.8 Å². The third-order valence-corrected chi connectivity index (χ3v) is 6.61. The van der Waals surface area contributed by atoms with E-state index in [0.717, 1.165) is 29.4 Å². The second-order valence-corrected chi connectivity index (χ2v) is 8.97. The van der Waals surface area contributed by atoms with Crippen molar-refractivity contribution < 1.29 is 19.8 Å². The number of carbonyl (C=O) groups is 2. The topological polar surface area (TPSA) is 104 Å². The lowest BCUT2D eigenvalue weighted by Gasteiger charge is -2.14. The molecule has 0 fully saturated rings. The number of aromatic carboxylic acids is 1. The van der Waals surface area contributed by atoms with Crippen molar-refractivity contribution >= 4 is 34.2 Å². The molecule has 0 saturated heterocycles. The van der Waals surface area contributed by atoms with Crippen molar-refractivity contribution in [1.29, 1.82) is 0 Å². The van der Waals surface area contributed by atoms with Gasteiger partial charge in [0.2, 0.25) is 0 Å². The number of fused-ring (bicyclic) bond motifs is 1. The van der Waals surface area contributed by atoms with Crippen LogP contribution in [-0.4, -0.2) is 31.9 Å². The van der Waals surface area contributed by atoms with E-state index in [1.54, 1.807) is 24.3 Å². The molecule has 5 rings (SSSR count). The smallest absolute Gasteiger partial charge is 0.336 e. The number of carboxylic acid groups (broad SMARTS) is 2. The lowest BCUT2D eigenvalue weighted by atomic mass is 9.92. The number of aliphatic carboxylic acids is 1. The molecule has 0 radical (unpaired) electrons. The van der Waals surface area contributed by atoms with Crippen molar-refractivity contribution in [3.8, 4) is 11.1 Å². The number of rotatable bonds is 8. The molecule has 0 saturated carbocycles. The maximum Gasteiger partial charge on any atom is 0.336 e. The van der Waals surface area contributed by atoms with Crippen LogP contribution in [0.3, 0.4) is 0 Å². The van der Waals surface area contributed by atoms with Gasteiger partial charge < -0.3 is 15.5 Å². The summed E-state index contributed by atoms with van der Waals surface area (Å²) in [7, 11) is 0. The van der Waals surface area contributed by atoms with Crippen LogP contribution in [-0.2, 0) is 17.9 Å². The molecule has 0 spiro atoms. The number of anilines is 1. The van der Waals surface area contributed by atoms with E-state index < -0.39 is 11.9 Å².